The Labute approximate surface area is 170 Å². The first-order valence-electron chi connectivity index (χ1n) is 9.43. The SMILES string of the molecule is COc1ccccc1CN(C)C(=O)COC(=O)CCc1ccc2ccccc2n1. The van der Waals surface area contributed by atoms with Gasteiger partial charge in [0.15, 0.2) is 6.61 Å². The molecule has 6 nitrogen and oxygen atoms in total. The van der Waals surface area contributed by atoms with Gasteiger partial charge in [0.2, 0.25) is 0 Å². The molecule has 0 saturated carbocycles. The number of carbonyl (C=O) groups is 2. The van der Waals surface area contributed by atoms with Crippen LogP contribution in [-0.2, 0) is 27.3 Å². The van der Waals surface area contributed by atoms with E-state index >= 15 is 0 Å². The number of ether oxygens (including phenoxy) is 2. The summed E-state index contributed by atoms with van der Waals surface area (Å²) in [6, 6.07) is 19.2. The fraction of sp³-hybridized carbons (Fsp3) is 0.261. The number of hydrogen-bond donors (Lipinski definition) is 0. The van der Waals surface area contributed by atoms with Gasteiger partial charge in [-0.1, -0.05) is 42.5 Å². The highest BCUT2D eigenvalue weighted by molar-refractivity contribution is 5.81. The van der Waals surface area contributed by atoms with E-state index in [1.54, 1.807) is 14.2 Å². The van der Waals surface area contributed by atoms with Crippen molar-refractivity contribution in [2.45, 2.75) is 19.4 Å². The maximum atomic E-state index is 12.3. The number of hydrogen-bond acceptors (Lipinski definition) is 5. The average Bonchev–Trinajstić information content (AvgIpc) is 2.76. The van der Waals surface area contributed by atoms with Crippen LogP contribution < -0.4 is 4.74 Å². The molecule has 150 valence electrons. The molecule has 29 heavy (non-hydrogen) atoms. The Morgan fingerprint density at radius 3 is 2.59 bits per heavy atom. The van der Waals surface area contributed by atoms with Crippen LogP contribution in [0.1, 0.15) is 17.7 Å². The van der Waals surface area contributed by atoms with Crippen molar-refractivity contribution in [2.24, 2.45) is 0 Å². The minimum atomic E-state index is -0.418. The second kappa shape index (κ2) is 9.68. The summed E-state index contributed by atoms with van der Waals surface area (Å²) in [7, 11) is 3.26. The molecule has 3 rings (SSSR count). The lowest BCUT2D eigenvalue weighted by molar-refractivity contribution is -0.151. The summed E-state index contributed by atoms with van der Waals surface area (Å²) >= 11 is 0. The maximum Gasteiger partial charge on any atom is 0.306 e. The molecule has 0 aliphatic heterocycles. The monoisotopic (exact) mass is 392 g/mol. The minimum Gasteiger partial charge on any atom is -0.496 e. The summed E-state index contributed by atoms with van der Waals surface area (Å²) in [5.74, 6) is 0.0270. The van der Waals surface area contributed by atoms with Crippen molar-refractivity contribution in [3.05, 3.63) is 71.9 Å². The topological polar surface area (TPSA) is 68.7 Å². The molecule has 0 atom stereocenters. The molecule has 0 unspecified atom stereocenters. The Kier molecular flexibility index (Phi) is 6.79. The highest BCUT2D eigenvalue weighted by atomic mass is 16.5. The van der Waals surface area contributed by atoms with Crippen molar-refractivity contribution >= 4 is 22.8 Å². The lowest BCUT2D eigenvalue weighted by Crippen LogP contribution is -2.31. The number of aromatic nitrogens is 1. The van der Waals surface area contributed by atoms with E-state index in [-0.39, 0.29) is 18.9 Å². The molecular formula is C23H24N2O4. The molecule has 0 N–H and O–H groups in total. The van der Waals surface area contributed by atoms with Crippen LogP contribution in [0.2, 0.25) is 0 Å². The van der Waals surface area contributed by atoms with Crippen LogP contribution in [-0.4, -0.2) is 42.5 Å². The number of fused-ring (bicyclic) bond motifs is 1. The van der Waals surface area contributed by atoms with Crippen LogP contribution in [0.3, 0.4) is 0 Å². The Bertz CT molecular complexity index is 1000. The molecule has 1 aromatic heterocycles. The number of benzene rings is 2. The van der Waals surface area contributed by atoms with E-state index in [2.05, 4.69) is 4.98 Å². The largest absolute Gasteiger partial charge is 0.496 e. The molecule has 0 fully saturated rings. The minimum absolute atomic E-state index is 0.175. The van der Waals surface area contributed by atoms with Gasteiger partial charge in [-0.25, -0.2) is 0 Å². The lowest BCUT2D eigenvalue weighted by Gasteiger charge is -2.18. The van der Waals surface area contributed by atoms with Crippen molar-refractivity contribution in [1.82, 2.24) is 9.88 Å². The van der Waals surface area contributed by atoms with E-state index in [4.69, 9.17) is 9.47 Å². The summed E-state index contributed by atoms with van der Waals surface area (Å²) in [6.07, 6.45) is 0.643. The first-order chi connectivity index (χ1) is 14.1. The van der Waals surface area contributed by atoms with Gasteiger partial charge >= 0.3 is 5.97 Å². The van der Waals surface area contributed by atoms with Gasteiger partial charge in [-0.2, -0.15) is 0 Å². The van der Waals surface area contributed by atoms with E-state index in [1.807, 2.05) is 60.7 Å². The third kappa shape index (κ3) is 5.54. The number of nitrogens with zero attached hydrogens (tertiary/aromatic N) is 2. The van der Waals surface area contributed by atoms with Gasteiger partial charge in [0.25, 0.3) is 5.91 Å². The Morgan fingerprint density at radius 2 is 1.76 bits per heavy atom. The van der Waals surface area contributed by atoms with Gasteiger partial charge in [-0.15, -0.1) is 0 Å². The number of para-hydroxylation sites is 2. The molecule has 0 bridgehead atoms. The molecule has 1 heterocycles. The van der Waals surface area contributed by atoms with E-state index in [9.17, 15) is 9.59 Å². The number of likely N-dealkylation sites (N-methyl/N-ethyl adjacent to an activating group) is 1. The number of esters is 1. The van der Waals surface area contributed by atoms with Crippen LogP contribution in [0.15, 0.2) is 60.7 Å². The number of pyridine rings is 1. The lowest BCUT2D eigenvalue weighted by atomic mass is 10.1. The summed E-state index contributed by atoms with van der Waals surface area (Å²) in [5, 5.41) is 1.06. The summed E-state index contributed by atoms with van der Waals surface area (Å²) in [4.78, 5) is 30.3. The van der Waals surface area contributed by atoms with Gasteiger partial charge in [0.05, 0.1) is 19.0 Å². The van der Waals surface area contributed by atoms with Crippen molar-refractivity contribution in [2.75, 3.05) is 20.8 Å². The Hall–Kier alpha value is -3.41. The number of amides is 1. The van der Waals surface area contributed by atoms with Gasteiger partial charge in [0, 0.05) is 36.7 Å². The molecule has 0 spiro atoms. The first-order valence-corrected chi connectivity index (χ1v) is 9.43. The van der Waals surface area contributed by atoms with E-state index in [0.717, 1.165) is 22.2 Å². The summed E-state index contributed by atoms with van der Waals surface area (Å²) in [5.41, 5.74) is 2.60. The number of methoxy groups -OCH3 is 1. The highest BCUT2D eigenvalue weighted by Crippen LogP contribution is 2.18. The van der Waals surface area contributed by atoms with Gasteiger partial charge in [0.1, 0.15) is 5.75 Å². The molecule has 0 aliphatic carbocycles. The molecule has 3 aromatic rings. The van der Waals surface area contributed by atoms with E-state index in [1.165, 1.54) is 4.90 Å². The first kappa shape index (κ1) is 20.3. The molecule has 0 saturated heterocycles. The van der Waals surface area contributed by atoms with Gasteiger partial charge < -0.3 is 14.4 Å². The van der Waals surface area contributed by atoms with Gasteiger partial charge in [-0.05, 0) is 18.2 Å². The van der Waals surface area contributed by atoms with Crippen molar-refractivity contribution < 1.29 is 19.1 Å². The third-order valence-electron chi connectivity index (χ3n) is 4.62. The van der Waals surface area contributed by atoms with E-state index < -0.39 is 5.97 Å². The second-order valence-electron chi connectivity index (χ2n) is 6.72. The number of rotatable bonds is 8. The van der Waals surface area contributed by atoms with Crippen LogP contribution in [0.4, 0.5) is 0 Å². The third-order valence-corrected chi connectivity index (χ3v) is 4.62. The quantitative estimate of drug-likeness (QED) is 0.550. The zero-order valence-electron chi connectivity index (χ0n) is 16.6. The predicted molar refractivity (Wildman–Crippen MR) is 110 cm³/mol. The second-order valence-corrected chi connectivity index (χ2v) is 6.72. The maximum absolute atomic E-state index is 12.3. The molecule has 6 heteroatoms. The highest BCUT2D eigenvalue weighted by Gasteiger charge is 2.14. The van der Waals surface area contributed by atoms with E-state index in [0.29, 0.717) is 18.7 Å². The Balaban J connectivity index is 1.46. The molecule has 2 aromatic carbocycles. The summed E-state index contributed by atoms with van der Waals surface area (Å²) in [6.45, 7) is 0.0943. The van der Waals surface area contributed by atoms with Crippen LogP contribution in [0.5, 0.6) is 5.75 Å². The number of aryl methyl sites for hydroxylation is 1. The number of carbonyl (C=O) groups excluding carboxylic acids is 2. The smallest absolute Gasteiger partial charge is 0.306 e. The summed E-state index contributed by atoms with van der Waals surface area (Å²) < 4.78 is 10.4. The van der Waals surface area contributed by atoms with Gasteiger partial charge in [-0.3, -0.25) is 14.6 Å². The fourth-order valence-corrected chi connectivity index (χ4v) is 2.98. The van der Waals surface area contributed by atoms with Crippen LogP contribution in [0, 0.1) is 0 Å². The normalized spacial score (nSPS) is 10.6. The zero-order valence-corrected chi connectivity index (χ0v) is 16.6. The predicted octanol–water partition coefficient (Wildman–Crippen LogP) is 3.38. The molecule has 1 amide bonds. The Morgan fingerprint density at radius 1 is 1.00 bits per heavy atom. The van der Waals surface area contributed by atoms with Crippen LogP contribution >= 0.6 is 0 Å². The molecular weight excluding hydrogens is 368 g/mol. The van der Waals surface area contributed by atoms with Crippen LogP contribution in [0.25, 0.3) is 10.9 Å². The standard InChI is InChI=1S/C23H24N2O4/c1-25(15-18-8-4-6-10-21(18)28-2)22(26)16-29-23(27)14-13-19-12-11-17-7-3-5-9-20(17)24-19/h3-12H,13-16H2,1-2H3. The van der Waals surface area contributed by atoms with Crippen molar-refractivity contribution in [3.8, 4) is 5.75 Å². The zero-order chi connectivity index (χ0) is 20.6. The van der Waals surface area contributed by atoms with Crippen molar-refractivity contribution in [3.63, 3.8) is 0 Å². The van der Waals surface area contributed by atoms with Crippen molar-refractivity contribution in [1.29, 1.82) is 0 Å². The molecule has 0 aliphatic rings. The fourth-order valence-electron chi connectivity index (χ4n) is 2.98. The average molecular weight is 392 g/mol. The molecule has 0 radical (unpaired) electrons.